The van der Waals surface area contributed by atoms with Gasteiger partial charge in [0.05, 0.1) is 0 Å². The summed E-state index contributed by atoms with van der Waals surface area (Å²) >= 11 is 0. The van der Waals surface area contributed by atoms with E-state index in [1.54, 1.807) is 6.08 Å². The fourth-order valence-corrected chi connectivity index (χ4v) is 1.30. The molecule has 0 spiro atoms. The molecule has 0 saturated carbocycles. The van der Waals surface area contributed by atoms with Gasteiger partial charge in [-0.2, -0.15) is 0 Å². The number of ether oxygens (including phenoxy) is 1. The molecule has 0 bridgehead atoms. The van der Waals surface area contributed by atoms with Gasteiger partial charge in [-0.15, -0.1) is 0 Å². The summed E-state index contributed by atoms with van der Waals surface area (Å²) in [6, 6.07) is 7.97. The SMILES string of the molecule is C=CCOc1ccc(CNCCCO)cc1. The van der Waals surface area contributed by atoms with E-state index in [0.29, 0.717) is 6.61 Å². The predicted octanol–water partition coefficient (Wildman–Crippen LogP) is 1.72. The van der Waals surface area contributed by atoms with E-state index < -0.39 is 0 Å². The van der Waals surface area contributed by atoms with Crippen LogP contribution in [-0.2, 0) is 6.54 Å². The molecular weight excluding hydrogens is 202 g/mol. The number of benzene rings is 1. The van der Waals surface area contributed by atoms with E-state index in [1.165, 1.54) is 5.56 Å². The molecule has 0 unspecified atom stereocenters. The van der Waals surface area contributed by atoms with Crippen molar-refractivity contribution in [3.05, 3.63) is 42.5 Å². The van der Waals surface area contributed by atoms with Gasteiger partial charge >= 0.3 is 0 Å². The van der Waals surface area contributed by atoms with Crippen molar-refractivity contribution in [1.29, 1.82) is 0 Å². The Labute approximate surface area is 96.8 Å². The Morgan fingerprint density at radius 2 is 2.06 bits per heavy atom. The number of aliphatic hydroxyl groups is 1. The largest absolute Gasteiger partial charge is 0.490 e. The minimum Gasteiger partial charge on any atom is -0.490 e. The maximum atomic E-state index is 8.62. The molecule has 0 aromatic heterocycles. The second-order valence-corrected chi connectivity index (χ2v) is 3.50. The Balaban J connectivity index is 2.30. The Morgan fingerprint density at radius 1 is 1.31 bits per heavy atom. The Hall–Kier alpha value is -1.32. The van der Waals surface area contributed by atoms with Crippen molar-refractivity contribution in [3.63, 3.8) is 0 Å². The first kappa shape index (κ1) is 12.7. The van der Waals surface area contributed by atoms with Crippen LogP contribution in [0.2, 0.25) is 0 Å². The standard InChI is InChI=1S/C13H19NO2/c1-2-10-16-13-6-4-12(5-7-13)11-14-8-3-9-15/h2,4-7,14-15H,1,3,8-11H2. The van der Waals surface area contributed by atoms with Crippen LogP contribution in [-0.4, -0.2) is 24.9 Å². The highest BCUT2D eigenvalue weighted by molar-refractivity contribution is 5.27. The lowest BCUT2D eigenvalue weighted by atomic mass is 10.2. The first-order valence-corrected chi connectivity index (χ1v) is 5.51. The van der Waals surface area contributed by atoms with E-state index in [4.69, 9.17) is 9.84 Å². The molecular formula is C13H19NO2. The molecule has 1 aromatic rings. The van der Waals surface area contributed by atoms with E-state index in [9.17, 15) is 0 Å². The molecule has 0 fully saturated rings. The zero-order valence-corrected chi connectivity index (χ0v) is 9.48. The topological polar surface area (TPSA) is 41.5 Å². The van der Waals surface area contributed by atoms with Crippen LogP contribution in [0.15, 0.2) is 36.9 Å². The number of hydrogen-bond acceptors (Lipinski definition) is 3. The summed E-state index contributed by atoms with van der Waals surface area (Å²) in [5.74, 6) is 0.860. The van der Waals surface area contributed by atoms with Crippen LogP contribution in [0, 0.1) is 0 Å². The predicted molar refractivity (Wildman–Crippen MR) is 65.5 cm³/mol. The summed E-state index contributed by atoms with van der Waals surface area (Å²) in [5.41, 5.74) is 1.21. The quantitative estimate of drug-likeness (QED) is 0.519. The minimum atomic E-state index is 0.237. The molecule has 0 radical (unpaired) electrons. The summed E-state index contributed by atoms with van der Waals surface area (Å²) in [5, 5.41) is 11.9. The van der Waals surface area contributed by atoms with Crippen LogP contribution in [0.3, 0.4) is 0 Å². The average molecular weight is 221 g/mol. The van der Waals surface area contributed by atoms with Gasteiger partial charge in [0, 0.05) is 13.2 Å². The van der Waals surface area contributed by atoms with Gasteiger partial charge in [-0.1, -0.05) is 24.8 Å². The van der Waals surface area contributed by atoms with Gasteiger partial charge in [-0.05, 0) is 30.7 Å². The summed E-state index contributed by atoms with van der Waals surface area (Å²) in [6.07, 6.45) is 2.52. The number of aliphatic hydroxyl groups excluding tert-OH is 1. The molecule has 0 aliphatic rings. The lowest BCUT2D eigenvalue weighted by Gasteiger charge is -2.06. The van der Waals surface area contributed by atoms with Gasteiger partial charge in [-0.25, -0.2) is 0 Å². The van der Waals surface area contributed by atoms with Crippen molar-refractivity contribution in [1.82, 2.24) is 5.32 Å². The second kappa shape index (κ2) is 7.91. The summed E-state index contributed by atoms with van der Waals surface area (Å²) in [4.78, 5) is 0. The van der Waals surface area contributed by atoms with Crippen molar-refractivity contribution in [2.24, 2.45) is 0 Å². The van der Waals surface area contributed by atoms with E-state index in [1.807, 2.05) is 24.3 Å². The Bertz CT molecular complexity index is 295. The molecule has 0 aliphatic heterocycles. The molecule has 3 nitrogen and oxygen atoms in total. The Kier molecular flexibility index (Phi) is 6.30. The first-order chi connectivity index (χ1) is 7.86. The third kappa shape index (κ3) is 4.96. The molecule has 2 N–H and O–H groups in total. The highest BCUT2D eigenvalue weighted by Crippen LogP contribution is 2.11. The van der Waals surface area contributed by atoms with Gasteiger partial charge in [0.1, 0.15) is 12.4 Å². The molecule has 1 rings (SSSR count). The van der Waals surface area contributed by atoms with Crippen LogP contribution in [0.1, 0.15) is 12.0 Å². The summed E-state index contributed by atoms with van der Waals surface area (Å²) < 4.78 is 5.38. The van der Waals surface area contributed by atoms with Gasteiger partial charge < -0.3 is 15.2 Å². The fraction of sp³-hybridized carbons (Fsp3) is 0.385. The van der Waals surface area contributed by atoms with E-state index in [0.717, 1.165) is 25.3 Å². The highest BCUT2D eigenvalue weighted by Gasteiger charge is 1.94. The molecule has 3 heteroatoms. The van der Waals surface area contributed by atoms with Gasteiger partial charge in [-0.3, -0.25) is 0 Å². The number of rotatable bonds is 8. The zero-order chi connectivity index (χ0) is 11.6. The lowest BCUT2D eigenvalue weighted by molar-refractivity contribution is 0.286. The summed E-state index contributed by atoms with van der Waals surface area (Å²) in [7, 11) is 0. The molecule has 1 aromatic carbocycles. The second-order valence-electron chi connectivity index (χ2n) is 3.50. The van der Waals surface area contributed by atoms with E-state index in [2.05, 4.69) is 11.9 Å². The van der Waals surface area contributed by atoms with Crippen molar-refractivity contribution in [2.45, 2.75) is 13.0 Å². The molecule has 0 atom stereocenters. The smallest absolute Gasteiger partial charge is 0.119 e. The third-order valence-electron chi connectivity index (χ3n) is 2.13. The summed E-state index contributed by atoms with van der Waals surface area (Å²) in [6.45, 7) is 6.03. The van der Waals surface area contributed by atoms with Crippen LogP contribution in [0.25, 0.3) is 0 Å². The van der Waals surface area contributed by atoms with Crippen LogP contribution in [0.5, 0.6) is 5.75 Å². The average Bonchev–Trinajstić information content (AvgIpc) is 2.33. The fourth-order valence-electron chi connectivity index (χ4n) is 1.30. The molecule has 16 heavy (non-hydrogen) atoms. The molecule has 0 amide bonds. The van der Waals surface area contributed by atoms with Gasteiger partial charge in [0.15, 0.2) is 0 Å². The van der Waals surface area contributed by atoms with E-state index >= 15 is 0 Å². The number of hydrogen-bond donors (Lipinski definition) is 2. The van der Waals surface area contributed by atoms with Crippen molar-refractivity contribution >= 4 is 0 Å². The molecule has 0 saturated heterocycles. The zero-order valence-electron chi connectivity index (χ0n) is 9.48. The van der Waals surface area contributed by atoms with Crippen molar-refractivity contribution in [3.8, 4) is 5.75 Å². The van der Waals surface area contributed by atoms with Gasteiger partial charge in [0.2, 0.25) is 0 Å². The van der Waals surface area contributed by atoms with Crippen LogP contribution >= 0.6 is 0 Å². The normalized spacial score (nSPS) is 10.1. The monoisotopic (exact) mass is 221 g/mol. The van der Waals surface area contributed by atoms with Crippen molar-refractivity contribution in [2.75, 3.05) is 19.8 Å². The highest BCUT2D eigenvalue weighted by atomic mass is 16.5. The maximum absolute atomic E-state index is 8.62. The number of nitrogens with one attached hydrogen (secondary N) is 1. The first-order valence-electron chi connectivity index (χ1n) is 5.51. The molecule has 88 valence electrons. The van der Waals surface area contributed by atoms with Gasteiger partial charge in [0.25, 0.3) is 0 Å². The van der Waals surface area contributed by atoms with E-state index in [-0.39, 0.29) is 6.61 Å². The van der Waals surface area contributed by atoms with Crippen molar-refractivity contribution < 1.29 is 9.84 Å². The Morgan fingerprint density at radius 3 is 2.69 bits per heavy atom. The lowest BCUT2D eigenvalue weighted by Crippen LogP contribution is -2.15. The third-order valence-corrected chi connectivity index (χ3v) is 2.13. The molecule has 0 aliphatic carbocycles. The maximum Gasteiger partial charge on any atom is 0.119 e. The molecule has 0 heterocycles. The minimum absolute atomic E-state index is 0.237. The van der Waals surface area contributed by atoms with Crippen LogP contribution in [0.4, 0.5) is 0 Å². The van der Waals surface area contributed by atoms with Crippen LogP contribution < -0.4 is 10.1 Å².